The first-order valence-corrected chi connectivity index (χ1v) is 10.4. The Kier molecular flexibility index (Phi) is 6.88. The Labute approximate surface area is 175 Å². The van der Waals surface area contributed by atoms with Gasteiger partial charge in [0.05, 0.1) is 36.6 Å². The van der Waals surface area contributed by atoms with Crippen molar-refractivity contribution in [2.24, 2.45) is 4.99 Å². The first-order valence-electron chi connectivity index (χ1n) is 8.75. The van der Waals surface area contributed by atoms with E-state index in [4.69, 9.17) is 14.2 Å². The third-order valence-electron chi connectivity index (χ3n) is 4.14. The minimum Gasteiger partial charge on any atom is -0.497 e. The zero-order valence-corrected chi connectivity index (χ0v) is 18.3. The molecule has 28 heavy (non-hydrogen) atoms. The molecule has 0 radical (unpaired) electrons. The van der Waals surface area contributed by atoms with Crippen molar-refractivity contribution in [1.29, 1.82) is 0 Å². The summed E-state index contributed by atoms with van der Waals surface area (Å²) in [4.78, 5) is 17.9. The molecule has 0 aliphatic carbocycles. The van der Waals surface area contributed by atoms with Gasteiger partial charge in [-0.1, -0.05) is 27.3 Å². The molecule has 0 saturated heterocycles. The number of ether oxygens (including phenoxy) is 3. The average molecular weight is 465 g/mol. The fraction of sp³-hybridized carbons (Fsp3) is 0.300. The predicted octanol–water partition coefficient (Wildman–Crippen LogP) is 4.26. The van der Waals surface area contributed by atoms with Gasteiger partial charge in [0.2, 0.25) is 0 Å². The highest BCUT2D eigenvalue weighted by Gasteiger charge is 2.15. The van der Waals surface area contributed by atoms with Gasteiger partial charge in [0.1, 0.15) is 11.5 Å². The van der Waals surface area contributed by atoms with Gasteiger partial charge >= 0.3 is 0 Å². The summed E-state index contributed by atoms with van der Waals surface area (Å²) in [6, 6.07) is 11.1. The van der Waals surface area contributed by atoms with Crippen LogP contribution in [0.25, 0.3) is 10.2 Å². The van der Waals surface area contributed by atoms with E-state index in [-0.39, 0.29) is 5.91 Å². The number of nitrogens with zero attached hydrogens (tertiary/aromatic N) is 2. The van der Waals surface area contributed by atoms with E-state index in [2.05, 4.69) is 20.9 Å². The van der Waals surface area contributed by atoms with Gasteiger partial charge in [-0.05, 0) is 43.3 Å². The lowest BCUT2D eigenvalue weighted by molar-refractivity contribution is 0.0993. The first-order chi connectivity index (χ1) is 13.6. The molecule has 148 valence electrons. The Hall–Kier alpha value is -2.16. The van der Waals surface area contributed by atoms with Crippen LogP contribution in [0, 0.1) is 0 Å². The van der Waals surface area contributed by atoms with Crippen LogP contribution in [0.15, 0.2) is 45.9 Å². The van der Waals surface area contributed by atoms with Gasteiger partial charge < -0.3 is 18.8 Å². The predicted molar refractivity (Wildman–Crippen MR) is 113 cm³/mol. The van der Waals surface area contributed by atoms with E-state index in [0.29, 0.717) is 41.6 Å². The van der Waals surface area contributed by atoms with Crippen LogP contribution < -0.4 is 14.3 Å². The number of halogens is 1. The van der Waals surface area contributed by atoms with Crippen molar-refractivity contribution < 1.29 is 19.0 Å². The second-order valence-electron chi connectivity index (χ2n) is 5.83. The van der Waals surface area contributed by atoms with Crippen LogP contribution in [-0.2, 0) is 11.3 Å². The number of aromatic nitrogens is 1. The van der Waals surface area contributed by atoms with E-state index >= 15 is 0 Å². The third kappa shape index (κ3) is 4.45. The number of methoxy groups -OCH3 is 2. The SMILES string of the molecule is CCOCCn1c(=NC(=O)c2cc(OC)ccc2OC)sc2cc(Br)ccc21. The summed E-state index contributed by atoms with van der Waals surface area (Å²) in [6.07, 6.45) is 0. The van der Waals surface area contributed by atoms with Crippen LogP contribution in [0.3, 0.4) is 0 Å². The molecule has 0 N–H and O–H groups in total. The summed E-state index contributed by atoms with van der Waals surface area (Å²) in [5, 5.41) is 0. The quantitative estimate of drug-likeness (QED) is 0.490. The minimum absolute atomic E-state index is 0.358. The summed E-state index contributed by atoms with van der Waals surface area (Å²) in [6.45, 7) is 3.75. The third-order valence-corrected chi connectivity index (χ3v) is 5.68. The number of hydrogen-bond acceptors (Lipinski definition) is 5. The zero-order chi connectivity index (χ0) is 20.1. The highest BCUT2D eigenvalue weighted by molar-refractivity contribution is 9.10. The number of carbonyl (C=O) groups excluding carboxylic acids is 1. The van der Waals surface area contributed by atoms with Crippen molar-refractivity contribution in [3.8, 4) is 11.5 Å². The number of amides is 1. The molecule has 6 nitrogen and oxygen atoms in total. The molecule has 0 aliphatic rings. The number of benzene rings is 2. The molecule has 0 aliphatic heterocycles. The Morgan fingerprint density at radius 2 is 2.00 bits per heavy atom. The molecule has 0 fully saturated rings. The summed E-state index contributed by atoms with van der Waals surface area (Å²) in [5.41, 5.74) is 1.37. The number of hydrogen-bond donors (Lipinski definition) is 0. The maximum atomic E-state index is 12.9. The van der Waals surface area contributed by atoms with Crippen LogP contribution in [0.1, 0.15) is 17.3 Å². The number of carbonyl (C=O) groups is 1. The summed E-state index contributed by atoms with van der Waals surface area (Å²) in [5.74, 6) is 0.648. The zero-order valence-electron chi connectivity index (χ0n) is 15.9. The Bertz CT molecular complexity index is 1060. The number of fused-ring (bicyclic) bond motifs is 1. The molecule has 0 unspecified atom stereocenters. The molecular formula is C20H21BrN2O4S. The van der Waals surface area contributed by atoms with Crippen LogP contribution in [0.4, 0.5) is 0 Å². The van der Waals surface area contributed by atoms with Gasteiger partial charge in [0, 0.05) is 17.6 Å². The normalized spacial score (nSPS) is 11.8. The standard InChI is InChI=1S/C20H21BrN2O4S/c1-4-27-10-9-23-16-7-5-13(21)11-18(16)28-20(23)22-19(24)15-12-14(25-2)6-8-17(15)26-3/h5-8,11-12H,4,9-10H2,1-3H3. The lowest BCUT2D eigenvalue weighted by Gasteiger charge is -2.08. The van der Waals surface area contributed by atoms with Crippen molar-refractivity contribution in [2.45, 2.75) is 13.5 Å². The van der Waals surface area contributed by atoms with Gasteiger partial charge in [-0.25, -0.2) is 0 Å². The van der Waals surface area contributed by atoms with Gasteiger partial charge in [0.25, 0.3) is 5.91 Å². The topological polar surface area (TPSA) is 62.1 Å². The van der Waals surface area contributed by atoms with Crippen molar-refractivity contribution >= 4 is 43.4 Å². The molecule has 1 heterocycles. The maximum Gasteiger partial charge on any atom is 0.283 e. The van der Waals surface area contributed by atoms with E-state index in [9.17, 15) is 4.79 Å². The highest BCUT2D eigenvalue weighted by Crippen LogP contribution is 2.25. The Morgan fingerprint density at radius 3 is 2.71 bits per heavy atom. The molecule has 0 spiro atoms. The average Bonchev–Trinajstić information content (AvgIpc) is 3.03. The molecule has 8 heteroatoms. The second-order valence-corrected chi connectivity index (χ2v) is 7.75. The molecule has 0 saturated carbocycles. The van der Waals surface area contributed by atoms with Crippen LogP contribution >= 0.6 is 27.3 Å². The molecule has 0 bridgehead atoms. The van der Waals surface area contributed by atoms with Gasteiger partial charge in [-0.3, -0.25) is 4.79 Å². The van der Waals surface area contributed by atoms with Crippen molar-refractivity contribution in [2.75, 3.05) is 27.4 Å². The Morgan fingerprint density at radius 1 is 1.18 bits per heavy atom. The van der Waals surface area contributed by atoms with Crippen molar-refractivity contribution in [3.05, 3.63) is 51.2 Å². The van der Waals surface area contributed by atoms with Gasteiger partial charge in [-0.2, -0.15) is 4.99 Å². The van der Waals surface area contributed by atoms with Crippen molar-refractivity contribution in [1.82, 2.24) is 4.57 Å². The molecule has 0 atom stereocenters. The molecular weight excluding hydrogens is 444 g/mol. The first kappa shape index (κ1) is 20.6. The van der Waals surface area contributed by atoms with Crippen LogP contribution in [-0.4, -0.2) is 37.9 Å². The molecule has 3 aromatic rings. The summed E-state index contributed by atoms with van der Waals surface area (Å²) in [7, 11) is 3.08. The van der Waals surface area contributed by atoms with Gasteiger partial charge in [0.15, 0.2) is 4.80 Å². The molecule has 3 rings (SSSR count). The number of rotatable bonds is 7. The van der Waals surface area contributed by atoms with E-state index in [1.54, 1.807) is 25.3 Å². The summed E-state index contributed by atoms with van der Waals surface area (Å²) < 4.78 is 20.1. The monoisotopic (exact) mass is 464 g/mol. The van der Waals surface area contributed by atoms with Crippen LogP contribution in [0.5, 0.6) is 11.5 Å². The fourth-order valence-electron chi connectivity index (χ4n) is 2.78. The van der Waals surface area contributed by atoms with Gasteiger partial charge in [-0.15, -0.1) is 0 Å². The highest BCUT2D eigenvalue weighted by atomic mass is 79.9. The van der Waals surface area contributed by atoms with Crippen LogP contribution in [0.2, 0.25) is 0 Å². The molecule has 2 aromatic carbocycles. The fourth-order valence-corrected chi connectivity index (χ4v) is 4.38. The van der Waals surface area contributed by atoms with E-state index in [1.807, 2.05) is 29.7 Å². The Balaban J connectivity index is 2.10. The lowest BCUT2D eigenvalue weighted by Crippen LogP contribution is -2.20. The molecule has 1 amide bonds. The summed E-state index contributed by atoms with van der Waals surface area (Å²) >= 11 is 4.96. The number of thiazole rings is 1. The van der Waals surface area contributed by atoms with Crippen molar-refractivity contribution in [3.63, 3.8) is 0 Å². The minimum atomic E-state index is -0.383. The van der Waals surface area contributed by atoms with E-state index < -0.39 is 0 Å². The molecule has 1 aromatic heterocycles. The largest absolute Gasteiger partial charge is 0.497 e. The lowest BCUT2D eigenvalue weighted by atomic mass is 10.2. The smallest absolute Gasteiger partial charge is 0.283 e. The van der Waals surface area contributed by atoms with E-state index in [1.165, 1.54) is 18.4 Å². The second kappa shape index (κ2) is 9.36. The van der Waals surface area contributed by atoms with E-state index in [0.717, 1.165) is 14.7 Å². The maximum absolute atomic E-state index is 12.9.